The molecule has 2 aromatic rings. The summed E-state index contributed by atoms with van der Waals surface area (Å²) in [5.74, 6) is -0.276. The Bertz CT molecular complexity index is 825. The van der Waals surface area contributed by atoms with Crippen LogP contribution in [0.5, 0.6) is 0 Å². The molecule has 0 saturated carbocycles. The van der Waals surface area contributed by atoms with Gasteiger partial charge in [-0.05, 0) is 30.7 Å². The van der Waals surface area contributed by atoms with Crippen molar-refractivity contribution in [2.24, 2.45) is 0 Å². The number of rotatable bonds is 6. The van der Waals surface area contributed by atoms with Crippen LogP contribution in [0, 0.1) is 5.82 Å². The van der Waals surface area contributed by atoms with Crippen LogP contribution < -0.4 is 10.2 Å². The summed E-state index contributed by atoms with van der Waals surface area (Å²) in [6, 6.07) is 11.8. The molecule has 1 aliphatic heterocycles. The molecular formula is C20H21FN2O2S. The number of unbranched alkanes of at least 4 members (excludes halogenated alkanes) is 1. The van der Waals surface area contributed by atoms with Crippen LogP contribution in [0.3, 0.4) is 0 Å². The van der Waals surface area contributed by atoms with E-state index in [1.807, 2.05) is 6.07 Å². The van der Waals surface area contributed by atoms with Crippen molar-refractivity contribution in [2.75, 3.05) is 17.2 Å². The van der Waals surface area contributed by atoms with Crippen molar-refractivity contribution in [1.82, 2.24) is 5.32 Å². The molecule has 6 heteroatoms. The van der Waals surface area contributed by atoms with E-state index in [2.05, 4.69) is 12.2 Å². The lowest BCUT2D eigenvalue weighted by Gasteiger charge is -2.29. The molecule has 0 spiro atoms. The number of carbonyl (C=O) groups is 2. The number of nitrogens with zero attached hydrogens (tertiary/aromatic N) is 1. The first kappa shape index (κ1) is 18.5. The molecule has 26 heavy (non-hydrogen) atoms. The third-order valence-corrected chi connectivity index (χ3v) is 5.31. The second kappa shape index (κ2) is 8.36. The second-order valence-corrected chi connectivity index (χ2v) is 7.17. The SMILES string of the molecule is CCCCNC(=O)c1ccc2c(c1)N(Cc1ccccc1F)C(=O)CS2. The van der Waals surface area contributed by atoms with E-state index in [-0.39, 0.29) is 24.2 Å². The van der Waals surface area contributed by atoms with Crippen LogP contribution in [0.2, 0.25) is 0 Å². The third-order valence-electron chi connectivity index (χ3n) is 4.27. The Kier molecular flexibility index (Phi) is 5.93. The molecule has 4 nitrogen and oxygen atoms in total. The van der Waals surface area contributed by atoms with Crippen molar-refractivity contribution < 1.29 is 14.0 Å². The maximum absolute atomic E-state index is 14.0. The Labute approximate surface area is 156 Å². The van der Waals surface area contributed by atoms with Gasteiger partial charge in [0.15, 0.2) is 0 Å². The highest BCUT2D eigenvalue weighted by Gasteiger charge is 2.26. The molecule has 0 bridgehead atoms. The zero-order valence-electron chi connectivity index (χ0n) is 14.6. The van der Waals surface area contributed by atoms with Gasteiger partial charge in [0.2, 0.25) is 5.91 Å². The van der Waals surface area contributed by atoms with Gasteiger partial charge in [-0.15, -0.1) is 11.8 Å². The number of fused-ring (bicyclic) bond motifs is 1. The lowest BCUT2D eigenvalue weighted by Crippen LogP contribution is -2.35. The topological polar surface area (TPSA) is 49.4 Å². The van der Waals surface area contributed by atoms with Gasteiger partial charge in [0.25, 0.3) is 5.91 Å². The molecular weight excluding hydrogens is 351 g/mol. The van der Waals surface area contributed by atoms with Crippen molar-refractivity contribution in [2.45, 2.75) is 31.2 Å². The summed E-state index contributed by atoms with van der Waals surface area (Å²) in [4.78, 5) is 27.3. The van der Waals surface area contributed by atoms with Crippen molar-refractivity contribution in [3.8, 4) is 0 Å². The highest BCUT2D eigenvalue weighted by Crippen LogP contribution is 2.37. The van der Waals surface area contributed by atoms with Crippen LogP contribution in [0.15, 0.2) is 47.4 Å². The summed E-state index contributed by atoms with van der Waals surface area (Å²) in [5.41, 5.74) is 1.63. The molecule has 2 amide bonds. The van der Waals surface area contributed by atoms with E-state index in [4.69, 9.17) is 0 Å². The van der Waals surface area contributed by atoms with Crippen LogP contribution in [0.4, 0.5) is 10.1 Å². The molecule has 0 unspecified atom stereocenters. The van der Waals surface area contributed by atoms with Crippen LogP contribution in [0.1, 0.15) is 35.7 Å². The predicted octanol–water partition coefficient (Wildman–Crippen LogP) is 3.99. The fraction of sp³-hybridized carbons (Fsp3) is 0.300. The summed E-state index contributed by atoms with van der Waals surface area (Å²) >= 11 is 1.44. The van der Waals surface area contributed by atoms with Gasteiger partial charge in [0, 0.05) is 22.6 Å². The van der Waals surface area contributed by atoms with Crippen LogP contribution >= 0.6 is 11.8 Å². The van der Waals surface area contributed by atoms with E-state index < -0.39 is 0 Å². The molecule has 1 aliphatic rings. The smallest absolute Gasteiger partial charge is 0.251 e. The van der Waals surface area contributed by atoms with Crippen molar-refractivity contribution in [1.29, 1.82) is 0 Å². The van der Waals surface area contributed by atoms with Crippen molar-refractivity contribution in [3.63, 3.8) is 0 Å². The number of amides is 2. The third kappa shape index (κ3) is 4.07. The number of anilines is 1. The number of carbonyl (C=O) groups excluding carboxylic acids is 2. The number of halogens is 1. The van der Waals surface area contributed by atoms with E-state index in [1.165, 1.54) is 17.8 Å². The summed E-state index contributed by atoms with van der Waals surface area (Å²) in [6.07, 6.45) is 1.93. The van der Waals surface area contributed by atoms with Gasteiger partial charge in [-0.3, -0.25) is 9.59 Å². The average molecular weight is 372 g/mol. The molecule has 0 aromatic heterocycles. The number of benzene rings is 2. The summed E-state index contributed by atoms with van der Waals surface area (Å²) in [7, 11) is 0. The van der Waals surface area contributed by atoms with Crippen molar-refractivity contribution in [3.05, 3.63) is 59.4 Å². The predicted molar refractivity (Wildman–Crippen MR) is 102 cm³/mol. The summed E-state index contributed by atoms with van der Waals surface area (Å²) in [6.45, 7) is 2.84. The molecule has 0 radical (unpaired) electrons. The minimum absolute atomic E-state index is 0.0886. The Hall–Kier alpha value is -2.34. The molecule has 3 rings (SSSR count). The van der Waals surface area contributed by atoms with Crippen LogP contribution in [-0.2, 0) is 11.3 Å². The fourth-order valence-electron chi connectivity index (χ4n) is 2.79. The first-order valence-corrected chi connectivity index (χ1v) is 9.67. The van der Waals surface area contributed by atoms with Gasteiger partial charge < -0.3 is 10.2 Å². The zero-order chi connectivity index (χ0) is 18.5. The van der Waals surface area contributed by atoms with Gasteiger partial charge in [0.05, 0.1) is 18.0 Å². The Balaban J connectivity index is 1.87. The molecule has 136 valence electrons. The van der Waals surface area contributed by atoms with E-state index in [0.717, 1.165) is 17.7 Å². The number of hydrogen-bond acceptors (Lipinski definition) is 3. The number of nitrogens with one attached hydrogen (secondary N) is 1. The Morgan fingerprint density at radius 3 is 2.85 bits per heavy atom. The maximum Gasteiger partial charge on any atom is 0.251 e. The minimum Gasteiger partial charge on any atom is -0.352 e. The summed E-state index contributed by atoms with van der Waals surface area (Å²) in [5, 5.41) is 2.88. The fourth-order valence-corrected chi connectivity index (χ4v) is 3.71. The number of hydrogen-bond donors (Lipinski definition) is 1. The van der Waals surface area contributed by atoms with E-state index in [1.54, 1.807) is 35.2 Å². The quantitative estimate of drug-likeness (QED) is 0.780. The first-order valence-electron chi connectivity index (χ1n) is 8.69. The van der Waals surface area contributed by atoms with E-state index in [9.17, 15) is 14.0 Å². The van der Waals surface area contributed by atoms with Gasteiger partial charge in [-0.25, -0.2) is 4.39 Å². The van der Waals surface area contributed by atoms with Gasteiger partial charge >= 0.3 is 0 Å². The molecule has 0 fully saturated rings. The second-order valence-electron chi connectivity index (χ2n) is 6.15. The number of thioether (sulfide) groups is 1. The molecule has 0 aliphatic carbocycles. The lowest BCUT2D eigenvalue weighted by molar-refractivity contribution is -0.116. The van der Waals surface area contributed by atoms with Gasteiger partial charge in [-0.1, -0.05) is 31.5 Å². The van der Waals surface area contributed by atoms with Gasteiger partial charge in [-0.2, -0.15) is 0 Å². The van der Waals surface area contributed by atoms with Gasteiger partial charge in [0.1, 0.15) is 5.82 Å². The normalized spacial score (nSPS) is 13.5. The van der Waals surface area contributed by atoms with Crippen molar-refractivity contribution >= 4 is 29.3 Å². The Morgan fingerprint density at radius 2 is 2.08 bits per heavy atom. The van der Waals surface area contributed by atoms with Crippen LogP contribution in [-0.4, -0.2) is 24.1 Å². The standard InChI is InChI=1S/C20H21FN2O2S/c1-2-3-10-22-20(25)14-8-9-18-17(11-14)23(19(24)13-26-18)12-15-6-4-5-7-16(15)21/h4-9,11H,2-3,10,12-13H2,1H3,(H,22,25). The van der Waals surface area contributed by atoms with E-state index >= 15 is 0 Å². The first-order chi connectivity index (χ1) is 12.6. The lowest BCUT2D eigenvalue weighted by atomic mass is 10.1. The molecule has 1 heterocycles. The average Bonchev–Trinajstić information content (AvgIpc) is 2.65. The maximum atomic E-state index is 14.0. The Morgan fingerprint density at radius 1 is 1.27 bits per heavy atom. The minimum atomic E-state index is -0.339. The van der Waals surface area contributed by atoms with E-state index in [0.29, 0.717) is 29.1 Å². The highest BCUT2D eigenvalue weighted by molar-refractivity contribution is 8.00. The zero-order valence-corrected chi connectivity index (χ0v) is 15.4. The monoisotopic (exact) mass is 372 g/mol. The van der Waals surface area contributed by atoms with Crippen LogP contribution in [0.25, 0.3) is 0 Å². The molecule has 0 atom stereocenters. The highest BCUT2D eigenvalue weighted by atomic mass is 32.2. The molecule has 0 saturated heterocycles. The largest absolute Gasteiger partial charge is 0.352 e. The molecule has 2 aromatic carbocycles. The summed E-state index contributed by atoms with van der Waals surface area (Å²) < 4.78 is 14.0. The molecule has 1 N–H and O–H groups in total.